The van der Waals surface area contributed by atoms with E-state index in [2.05, 4.69) is 27.1 Å². The molecule has 1 aliphatic carbocycles. The van der Waals surface area contributed by atoms with Crippen molar-refractivity contribution < 1.29 is 9.32 Å². The lowest BCUT2D eigenvalue weighted by Crippen LogP contribution is -2.32. The van der Waals surface area contributed by atoms with Gasteiger partial charge < -0.3 is 14.3 Å². The van der Waals surface area contributed by atoms with Crippen LogP contribution in [0.15, 0.2) is 17.1 Å². The Balaban J connectivity index is 1.41. The number of fused-ring (bicyclic) bond motifs is 1. The van der Waals surface area contributed by atoms with E-state index in [4.69, 9.17) is 4.52 Å². The van der Waals surface area contributed by atoms with Crippen molar-refractivity contribution in [3.8, 4) is 0 Å². The molecule has 1 atom stereocenters. The van der Waals surface area contributed by atoms with Crippen molar-refractivity contribution >= 4 is 11.7 Å². The molecule has 0 aromatic carbocycles. The molecule has 0 bridgehead atoms. The number of nitrogens with zero attached hydrogens (tertiary/aromatic N) is 5. The molecular weight excluding hydrogens is 318 g/mol. The molecule has 1 saturated heterocycles. The van der Waals surface area contributed by atoms with E-state index in [-0.39, 0.29) is 5.91 Å². The van der Waals surface area contributed by atoms with Crippen molar-refractivity contribution in [2.45, 2.75) is 32.6 Å². The quantitative estimate of drug-likeness (QED) is 0.845. The van der Waals surface area contributed by atoms with Crippen LogP contribution in [0.1, 0.15) is 40.2 Å². The third-order valence-electron chi connectivity index (χ3n) is 5.27. The minimum atomic E-state index is -0.0284. The smallest absolute Gasteiger partial charge is 0.276 e. The van der Waals surface area contributed by atoms with Gasteiger partial charge in [0.2, 0.25) is 0 Å². The zero-order valence-electron chi connectivity index (χ0n) is 14.7. The Bertz CT molecular complexity index is 788. The maximum atomic E-state index is 12.6. The van der Waals surface area contributed by atoms with Crippen LogP contribution in [0, 0.1) is 12.8 Å². The fourth-order valence-corrected chi connectivity index (χ4v) is 3.95. The SMILES string of the molecule is Cc1conc1C(=O)N1CCC(CN(C)c2ncnc3c2CCC3)C1. The van der Waals surface area contributed by atoms with Crippen molar-refractivity contribution in [1.82, 2.24) is 20.0 Å². The number of aryl methyl sites for hydroxylation is 2. The average molecular weight is 341 g/mol. The lowest BCUT2D eigenvalue weighted by Gasteiger charge is -2.24. The van der Waals surface area contributed by atoms with E-state index >= 15 is 0 Å². The molecule has 1 fully saturated rings. The highest BCUT2D eigenvalue weighted by atomic mass is 16.5. The van der Waals surface area contributed by atoms with Crippen LogP contribution in [0.4, 0.5) is 5.82 Å². The van der Waals surface area contributed by atoms with E-state index in [1.165, 1.54) is 17.5 Å². The minimum absolute atomic E-state index is 0.0284. The second-order valence-electron chi connectivity index (χ2n) is 7.11. The third kappa shape index (κ3) is 2.99. The van der Waals surface area contributed by atoms with Crippen LogP contribution >= 0.6 is 0 Å². The molecule has 0 N–H and O–H groups in total. The number of rotatable bonds is 4. The lowest BCUT2D eigenvalue weighted by molar-refractivity contribution is 0.0776. The Hall–Kier alpha value is -2.44. The number of carbonyl (C=O) groups is 1. The topological polar surface area (TPSA) is 75.4 Å². The summed E-state index contributed by atoms with van der Waals surface area (Å²) in [6.45, 7) is 4.26. The maximum Gasteiger partial charge on any atom is 0.276 e. The van der Waals surface area contributed by atoms with Gasteiger partial charge in [-0.2, -0.15) is 0 Å². The third-order valence-corrected chi connectivity index (χ3v) is 5.27. The molecule has 0 spiro atoms. The number of carbonyl (C=O) groups excluding carboxylic acids is 1. The molecule has 1 unspecified atom stereocenters. The molecule has 1 aliphatic heterocycles. The summed E-state index contributed by atoms with van der Waals surface area (Å²) in [6, 6.07) is 0. The van der Waals surface area contributed by atoms with Gasteiger partial charge >= 0.3 is 0 Å². The lowest BCUT2D eigenvalue weighted by atomic mass is 10.1. The summed E-state index contributed by atoms with van der Waals surface area (Å²) < 4.78 is 4.90. The molecule has 0 saturated carbocycles. The average Bonchev–Trinajstić information content (AvgIpc) is 3.33. The number of amides is 1. The van der Waals surface area contributed by atoms with Crippen molar-refractivity contribution in [3.05, 3.63) is 35.1 Å². The minimum Gasteiger partial charge on any atom is -0.364 e. The highest BCUT2D eigenvalue weighted by molar-refractivity contribution is 5.93. The predicted octanol–water partition coefficient (Wildman–Crippen LogP) is 1.86. The summed E-state index contributed by atoms with van der Waals surface area (Å²) in [5, 5.41) is 3.84. The molecule has 2 aromatic heterocycles. The molecule has 25 heavy (non-hydrogen) atoms. The summed E-state index contributed by atoms with van der Waals surface area (Å²) in [4.78, 5) is 25.6. The van der Waals surface area contributed by atoms with Crippen LogP contribution in [0.2, 0.25) is 0 Å². The number of anilines is 1. The summed E-state index contributed by atoms with van der Waals surface area (Å²) in [5.41, 5.74) is 3.72. The number of likely N-dealkylation sites (tertiary alicyclic amines) is 1. The summed E-state index contributed by atoms with van der Waals surface area (Å²) >= 11 is 0. The molecule has 7 heteroatoms. The Morgan fingerprint density at radius 2 is 2.28 bits per heavy atom. The first-order chi connectivity index (χ1) is 12.1. The first-order valence-electron chi connectivity index (χ1n) is 8.87. The zero-order valence-corrected chi connectivity index (χ0v) is 14.7. The molecule has 3 heterocycles. The number of aromatic nitrogens is 3. The Labute approximate surface area is 147 Å². The van der Waals surface area contributed by atoms with Crippen LogP contribution in [0.3, 0.4) is 0 Å². The summed E-state index contributed by atoms with van der Waals surface area (Å²) in [6.07, 6.45) is 7.48. The van der Waals surface area contributed by atoms with Gasteiger partial charge in [0.1, 0.15) is 18.4 Å². The number of hydrogen-bond acceptors (Lipinski definition) is 6. The van der Waals surface area contributed by atoms with Gasteiger partial charge in [0.15, 0.2) is 5.69 Å². The first kappa shape index (κ1) is 16.1. The van der Waals surface area contributed by atoms with E-state index in [0.717, 1.165) is 56.7 Å². The van der Waals surface area contributed by atoms with E-state index < -0.39 is 0 Å². The molecule has 1 amide bonds. The fraction of sp³-hybridized carbons (Fsp3) is 0.556. The molecule has 132 valence electrons. The molecule has 4 rings (SSSR count). The van der Waals surface area contributed by atoms with Gasteiger partial charge in [-0.3, -0.25) is 4.79 Å². The fourth-order valence-electron chi connectivity index (χ4n) is 3.95. The van der Waals surface area contributed by atoms with Gasteiger partial charge in [-0.1, -0.05) is 5.16 Å². The second-order valence-corrected chi connectivity index (χ2v) is 7.11. The highest BCUT2D eigenvalue weighted by Gasteiger charge is 2.30. The van der Waals surface area contributed by atoms with Crippen molar-refractivity contribution in [1.29, 1.82) is 0 Å². The van der Waals surface area contributed by atoms with Gasteiger partial charge in [0.25, 0.3) is 5.91 Å². The van der Waals surface area contributed by atoms with Gasteiger partial charge in [-0.15, -0.1) is 0 Å². The Morgan fingerprint density at radius 3 is 3.08 bits per heavy atom. The second kappa shape index (κ2) is 6.46. The van der Waals surface area contributed by atoms with Crippen LogP contribution in [0.5, 0.6) is 0 Å². The van der Waals surface area contributed by atoms with E-state index in [1.54, 1.807) is 6.33 Å². The van der Waals surface area contributed by atoms with Crippen LogP contribution < -0.4 is 4.90 Å². The normalized spacial score (nSPS) is 19.3. The first-order valence-corrected chi connectivity index (χ1v) is 8.87. The summed E-state index contributed by atoms with van der Waals surface area (Å²) in [5.74, 6) is 1.46. The Kier molecular flexibility index (Phi) is 4.15. The molecule has 2 aliphatic rings. The zero-order chi connectivity index (χ0) is 17.4. The van der Waals surface area contributed by atoms with Gasteiger partial charge in [0.05, 0.1) is 0 Å². The molecule has 0 radical (unpaired) electrons. The predicted molar refractivity (Wildman–Crippen MR) is 92.6 cm³/mol. The van der Waals surface area contributed by atoms with Crippen LogP contribution in [-0.4, -0.2) is 52.6 Å². The van der Waals surface area contributed by atoms with E-state index in [0.29, 0.717) is 11.6 Å². The molecule has 7 nitrogen and oxygen atoms in total. The van der Waals surface area contributed by atoms with Crippen molar-refractivity contribution in [3.63, 3.8) is 0 Å². The monoisotopic (exact) mass is 341 g/mol. The van der Waals surface area contributed by atoms with Crippen LogP contribution in [-0.2, 0) is 12.8 Å². The van der Waals surface area contributed by atoms with E-state index in [1.807, 2.05) is 11.8 Å². The van der Waals surface area contributed by atoms with Gasteiger partial charge in [-0.05, 0) is 38.5 Å². The summed E-state index contributed by atoms with van der Waals surface area (Å²) in [7, 11) is 2.09. The molecular formula is C18H23N5O2. The van der Waals surface area contributed by atoms with E-state index in [9.17, 15) is 4.79 Å². The highest BCUT2D eigenvalue weighted by Crippen LogP contribution is 2.29. The van der Waals surface area contributed by atoms with Crippen molar-refractivity contribution in [2.24, 2.45) is 5.92 Å². The van der Waals surface area contributed by atoms with Gasteiger partial charge in [-0.25, -0.2) is 9.97 Å². The number of hydrogen-bond donors (Lipinski definition) is 0. The Morgan fingerprint density at radius 1 is 1.40 bits per heavy atom. The largest absolute Gasteiger partial charge is 0.364 e. The molecule has 2 aromatic rings. The van der Waals surface area contributed by atoms with Crippen molar-refractivity contribution in [2.75, 3.05) is 31.6 Å². The standard InChI is InChI=1S/C18H23N5O2/c1-12-10-25-21-16(12)18(24)23-7-6-13(9-23)8-22(2)17-14-4-3-5-15(14)19-11-20-17/h10-11,13H,3-9H2,1-2H3. The maximum absolute atomic E-state index is 12.6. The van der Waals surface area contributed by atoms with Crippen LogP contribution in [0.25, 0.3) is 0 Å². The van der Waals surface area contributed by atoms with Gasteiger partial charge in [0, 0.05) is 43.5 Å².